The van der Waals surface area contributed by atoms with Crippen molar-refractivity contribution in [3.63, 3.8) is 0 Å². The zero-order valence-corrected chi connectivity index (χ0v) is 12.6. The maximum absolute atomic E-state index is 10.9. The Kier molecular flexibility index (Phi) is 4.60. The van der Waals surface area contributed by atoms with Crippen molar-refractivity contribution in [2.24, 2.45) is 0 Å². The number of aromatic carboxylic acids is 1. The van der Waals surface area contributed by atoms with E-state index in [1.54, 1.807) is 12.1 Å². The molecule has 0 heterocycles. The third-order valence-corrected chi connectivity index (χ3v) is 3.46. The summed E-state index contributed by atoms with van der Waals surface area (Å²) in [5, 5.41) is 19.6. The molecule has 2 aromatic rings. The summed E-state index contributed by atoms with van der Waals surface area (Å²) in [6.07, 6.45) is 0. The van der Waals surface area contributed by atoms with Gasteiger partial charge >= 0.3 is 5.97 Å². The molecule has 0 saturated carbocycles. The number of phenols is 1. The summed E-state index contributed by atoms with van der Waals surface area (Å²) < 4.78 is 5.33. The van der Waals surface area contributed by atoms with Crippen LogP contribution in [-0.2, 0) is 0 Å². The molecule has 0 aromatic heterocycles. The number of carbonyl (C=O) groups is 1. The molecule has 0 fully saturated rings. The van der Waals surface area contributed by atoms with Gasteiger partial charge in [-0.25, -0.2) is 4.79 Å². The molecule has 2 aromatic carbocycles. The fourth-order valence-electron chi connectivity index (χ4n) is 1.89. The molecule has 110 valence electrons. The summed E-state index contributed by atoms with van der Waals surface area (Å²) in [6, 6.07) is 7.17. The van der Waals surface area contributed by atoms with Crippen molar-refractivity contribution in [2.45, 2.75) is 6.92 Å². The van der Waals surface area contributed by atoms with Gasteiger partial charge in [0, 0.05) is 17.2 Å². The van der Waals surface area contributed by atoms with Crippen molar-refractivity contribution >= 4 is 29.2 Å². The lowest BCUT2D eigenvalue weighted by atomic mass is 10.0. The van der Waals surface area contributed by atoms with Crippen LogP contribution >= 0.6 is 23.2 Å². The summed E-state index contributed by atoms with van der Waals surface area (Å²) in [4.78, 5) is 10.9. The predicted molar refractivity (Wildman–Crippen MR) is 81.7 cm³/mol. The van der Waals surface area contributed by atoms with Crippen LogP contribution in [0, 0.1) is 0 Å². The molecule has 0 saturated heterocycles. The summed E-state index contributed by atoms with van der Waals surface area (Å²) in [5.74, 6) is -0.848. The van der Waals surface area contributed by atoms with Gasteiger partial charge in [0.15, 0.2) is 0 Å². The van der Waals surface area contributed by atoms with Gasteiger partial charge in [0.25, 0.3) is 0 Å². The Morgan fingerprint density at radius 1 is 1.14 bits per heavy atom. The van der Waals surface area contributed by atoms with Gasteiger partial charge in [-0.3, -0.25) is 0 Å². The van der Waals surface area contributed by atoms with Crippen molar-refractivity contribution in [1.82, 2.24) is 0 Å². The summed E-state index contributed by atoms with van der Waals surface area (Å²) in [6.45, 7) is 2.28. The molecule has 0 radical (unpaired) electrons. The molecule has 0 aliphatic heterocycles. The van der Waals surface area contributed by atoms with Crippen LogP contribution in [0.4, 0.5) is 0 Å². The molecule has 0 aliphatic rings. The van der Waals surface area contributed by atoms with E-state index >= 15 is 0 Å². The zero-order valence-electron chi connectivity index (χ0n) is 11.1. The van der Waals surface area contributed by atoms with Crippen molar-refractivity contribution in [3.8, 4) is 22.6 Å². The van der Waals surface area contributed by atoms with Gasteiger partial charge < -0.3 is 14.9 Å². The van der Waals surface area contributed by atoms with Gasteiger partial charge in [-0.1, -0.05) is 23.2 Å². The third kappa shape index (κ3) is 3.23. The highest BCUT2D eigenvalue weighted by molar-refractivity contribution is 6.36. The predicted octanol–water partition coefficient (Wildman–Crippen LogP) is 4.46. The van der Waals surface area contributed by atoms with Crippen molar-refractivity contribution in [1.29, 1.82) is 0 Å². The number of hydrogen-bond acceptors (Lipinski definition) is 3. The SMILES string of the molecule is CCOc1cc(Cl)c(-c2ccc(C(=O)O)cc2O)cc1Cl. The molecular weight excluding hydrogens is 315 g/mol. The highest BCUT2D eigenvalue weighted by atomic mass is 35.5. The number of carboxylic acid groups (broad SMARTS) is 1. The van der Waals surface area contributed by atoms with Crippen LogP contribution < -0.4 is 4.74 Å². The number of ether oxygens (including phenoxy) is 1. The number of phenolic OH excluding ortho intramolecular Hbond substituents is 1. The minimum absolute atomic E-state index is 0.00981. The second-order valence-electron chi connectivity index (χ2n) is 4.23. The zero-order chi connectivity index (χ0) is 15.6. The Morgan fingerprint density at radius 2 is 1.86 bits per heavy atom. The van der Waals surface area contributed by atoms with Crippen molar-refractivity contribution in [2.75, 3.05) is 6.61 Å². The normalized spacial score (nSPS) is 10.4. The first kappa shape index (κ1) is 15.5. The number of carboxylic acids is 1. The standard InChI is InChI=1S/C15H12Cl2O4/c1-2-21-14-7-11(16)10(6-12(14)17)9-4-3-8(15(19)20)5-13(9)18/h3-7,18H,2H2,1H3,(H,19,20). The second-order valence-corrected chi connectivity index (χ2v) is 5.05. The first-order valence-electron chi connectivity index (χ1n) is 6.12. The van der Waals surface area contributed by atoms with E-state index in [0.29, 0.717) is 33.5 Å². The lowest BCUT2D eigenvalue weighted by molar-refractivity contribution is 0.0696. The molecule has 0 amide bonds. The molecule has 0 aliphatic carbocycles. The van der Waals surface area contributed by atoms with E-state index in [1.807, 2.05) is 6.92 Å². The monoisotopic (exact) mass is 326 g/mol. The maximum atomic E-state index is 10.9. The highest BCUT2D eigenvalue weighted by Gasteiger charge is 2.14. The minimum Gasteiger partial charge on any atom is -0.507 e. The van der Waals surface area contributed by atoms with E-state index in [1.165, 1.54) is 18.2 Å². The van der Waals surface area contributed by atoms with Crippen LogP contribution in [0.1, 0.15) is 17.3 Å². The van der Waals surface area contributed by atoms with E-state index < -0.39 is 5.97 Å². The van der Waals surface area contributed by atoms with Crippen LogP contribution in [0.2, 0.25) is 10.0 Å². The Bertz CT molecular complexity index is 698. The lowest BCUT2D eigenvalue weighted by Gasteiger charge is -2.12. The molecule has 0 bridgehead atoms. The number of rotatable bonds is 4. The van der Waals surface area contributed by atoms with Gasteiger partial charge in [-0.15, -0.1) is 0 Å². The average molecular weight is 327 g/mol. The van der Waals surface area contributed by atoms with Gasteiger partial charge in [0.1, 0.15) is 11.5 Å². The van der Waals surface area contributed by atoms with Crippen LogP contribution in [0.25, 0.3) is 11.1 Å². The van der Waals surface area contributed by atoms with E-state index in [4.69, 9.17) is 33.0 Å². The minimum atomic E-state index is -1.12. The fraction of sp³-hybridized carbons (Fsp3) is 0.133. The molecule has 6 heteroatoms. The summed E-state index contributed by atoms with van der Waals surface area (Å²) >= 11 is 12.3. The highest BCUT2D eigenvalue weighted by Crippen LogP contribution is 2.40. The average Bonchev–Trinajstić information content (AvgIpc) is 2.43. The second kappa shape index (κ2) is 6.24. The van der Waals surface area contributed by atoms with Crippen LogP contribution in [-0.4, -0.2) is 22.8 Å². The number of aromatic hydroxyl groups is 1. The molecule has 0 unspecified atom stereocenters. The molecule has 0 spiro atoms. The van der Waals surface area contributed by atoms with E-state index in [0.717, 1.165) is 0 Å². The Labute approximate surface area is 131 Å². The molecule has 2 N–H and O–H groups in total. The Balaban J connectivity index is 2.52. The number of halogens is 2. The summed E-state index contributed by atoms with van der Waals surface area (Å²) in [7, 11) is 0. The van der Waals surface area contributed by atoms with Crippen LogP contribution in [0.15, 0.2) is 30.3 Å². The topological polar surface area (TPSA) is 66.8 Å². The van der Waals surface area contributed by atoms with Gasteiger partial charge in [0.2, 0.25) is 0 Å². The maximum Gasteiger partial charge on any atom is 0.335 e. The van der Waals surface area contributed by atoms with Crippen molar-refractivity contribution < 1.29 is 19.7 Å². The fourth-order valence-corrected chi connectivity index (χ4v) is 2.37. The van der Waals surface area contributed by atoms with E-state index in [2.05, 4.69) is 0 Å². The van der Waals surface area contributed by atoms with E-state index in [9.17, 15) is 9.90 Å². The first-order chi connectivity index (χ1) is 9.93. The van der Waals surface area contributed by atoms with Crippen LogP contribution in [0.5, 0.6) is 11.5 Å². The molecule has 2 rings (SSSR count). The first-order valence-corrected chi connectivity index (χ1v) is 6.88. The number of benzene rings is 2. The number of hydrogen-bond donors (Lipinski definition) is 2. The Morgan fingerprint density at radius 3 is 2.43 bits per heavy atom. The Hall–Kier alpha value is -1.91. The van der Waals surface area contributed by atoms with Gasteiger partial charge in [-0.05, 0) is 31.2 Å². The lowest BCUT2D eigenvalue weighted by Crippen LogP contribution is -1.96. The summed E-state index contributed by atoms with van der Waals surface area (Å²) in [5.41, 5.74) is 0.888. The molecular formula is C15H12Cl2O4. The van der Waals surface area contributed by atoms with Crippen molar-refractivity contribution in [3.05, 3.63) is 45.9 Å². The van der Waals surface area contributed by atoms with Gasteiger partial charge in [-0.2, -0.15) is 0 Å². The quantitative estimate of drug-likeness (QED) is 0.870. The molecule has 0 atom stereocenters. The smallest absolute Gasteiger partial charge is 0.335 e. The largest absolute Gasteiger partial charge is 0.507 e. The van der Waals surface area contributed by atoms with Gasteiger partial charge in [0.05, 0.1) is 22.2 Å². The van der Waals surface area contributed by atoms with E-state index in [-0.39, 0.29) is 11.3 Å². The molecule has 4 nitrogen and oxygen atoms in total. The third-order valence-electron chi connectivity index (χ3n) is 2.86. The molecule has 21 heavy (non-hydrogen) atoms. The van der Waals surface area contributed by atoms with Crippen LogP contribution in [0.3, 0.4) is 0 Å².